The van der Waals surface area contributed by atoms with E-state index in [1.165, 1.54) is 12.8 Å². The highest BCUT2D eigenvalue weighted by molar-refractivity contribution is 6.31. The Kier molecular flexibility index (Phi) is 20.7. The molecule has 316 valence electrons. The van der Waals surface area contributed by atoms with Gasteiger partial charge in [0.2, 0.25) is 0 Å². The summed E-state index contributed by atoms with van der Waals surface area (Å²) in [7, 11) is 0. The largest absolute Gasteiger partial charge is 0.481 e. The SMILES string of the molecule is C=CC(C(C)(C)CCCC)C(C)(C(=O)O)c1ccc(CCC(C)(C)C)c(Cl)c1.CCCCC(C)(C)/C=C/COC(=O)C(C)c1ccc(CCC(C)(C)C)c(Cl)c1. The topological polar surface area (TPSA) is 63.6 Å². The third-order valence-corrected chi connectivity index (χ3v) is 12.0. The fourth-order valence-electron chi connectivity index (χ4n) is 7.16. The molecule has 2 aromatic carbocycles. The van der Waals surface area contributed by atoms with E-state index in [4.69, 9.17) is 27.9 Å². The first-order valence-electron chi connectivity index (χ1n) is 21.0. The average molecular weight is 814 g/mol. The molecule has 0 radical (unpaired) electrons. The van der Waals surface area contributed by atoms with Crippen molar-refractivity contribution in [1.82, 2.24) is 0 Å². The molecule has 0 aliphatic carbocycles. The monoisotopic (exact) mass is 813 g/mol. The van der Waals surface area contributed by atoms with Crippen LogP contribution in [0.1, 0.15) is 176 Å². The van der Waals surface area contributed by atoms with E-state index < -0.39 is 11.4 Å². The Morgan fingerprint density at radius 2 is 1.27 bits per heavy atom. The molecule has 2 rings (SSSR count). The molecule has 56 heavy (non-hydrogen) atoms. The summed E-state index contributed by atoms with van der Waals surface area (Å²) in [6.07, 6.45) is 16.5. The predicted molar refractivity (Wildman–Crippen MR) is 242 cm³/mol. The van der Waals surface area contributed by atoms with Gasteiger partial charge in [-0.1, -0.05) is 174 Å². The summed E-state index contributed by atoms with van der Waals surface area (Å²) in [5.74, 6) is -1.58. The number of carboxylic acids is 1. The Morgan fingerprint density at radius 1 is 0.768 bits per heavy atom. The van der Waals surface area contributed by atoms with Crippen LogP contribution in [0, 0.1) is 27.6 Å². The molecule has 0 heterocycles. The second kappa shape index (κ2) is 22.6. The Morgan fingerprint density at radius 3 is 1.71 bits per heavy atom. The van der Waals surface area contributed by atoms with Gasteiger partial charge < -0.3 is 9.84 Å². The maximum atomic E-state index is 12.5. The van der Waals surface area contributed by atoms with Gasteiger partial charge in [-0.25, -0.2) is 0 Å². The van der Waals surface area contributed by atoms with Crippen LogP contribution in [0.25, 0.3) is 0 Å². The summed E-state index contributed by atoms with van der Waals surface area (Å²) in [4.78, 5) is 24.9. The standard InChI is InChI=1S/2C25H39ClO2/c1-9-11-15-24(6,7)21(10-2)25(8,22(27)28)19-13-12-18(20(26)17-19)14-16-23(3,4)5;1-8-9-14-25(6,7)15-10-17-28-23(27)19(2)21-12-11-20(22(26)18-21)13-16-24(3,4)5/h10,12-13,17,21H,2,9,11,14-16H2,1,3-8H3,(H,27,28);10-12,15,18-19H,8-9,13-14,16-17H2,1-7H3/b;15-10+. The third kappa shape index (κ3) is 17.1. The number of hydrogen-bond acceptors (Lipinski definition) is 3. The molecule has 1 N–H and O–H groups in total. The number of carbonyl (C=O) groups is 2. The van der Waals surface area contributed by atoms with E-state index in [1.807, 2.05) is 62.4 Å². The van der Waals surface area contributed by atoms with Crippen molar-refractivity contribution in [2.24, 2.45) is 27.6 Å². The molecule has 0 amide bonds. The number of esters is 1. The second-order valence-corrected chi connectivity index (χ2v) is 20.8. The maximum Gasteiger partial charge on any atom is 0.314 e. The molecule has 3 unspecified atom stereocenters. The van der Waals surface area contributed by atoms with Crippen molar-refractivity contribution in [3.05, 3.63) is 93.5 Å². The van der Waals surface area contributed by atoms with Crippen LogP contribution in [0.3, 0.4) is 0 Å². The first-order chi connectivity index (χ1) is 25.7. The predicted octanol–water partition coefficient (Wildman–Crippen LogP) is 15.4. The number of hydrogen-bond donors (Lipinski definition) is 1. The zero-order valence-corrected chi connectivity index (χ0v) is 39.3. The molecule has 0 aliphatic heterocycles. The van der Waals surface area contributed by atoms with Gasteiger partial charge in [-0.15, -0.1) is 6.58 Å². The molecule has 2 aromatic rings. The van der Waals surface area contributed by atoms with Gasteiger partial charge in [-0.2, -0.15) is 0 Å². The van der Waals surface area contributed by atoms with Crippen molar-refractivity contribution >= 4 is 35.1 Å². The van der Waals surface area contributed by atoms with Gasteiger partial charge in [0.25, 0.3) is 0 Å². The minimum absolute atomic E-state index is 0.143. The summed E-state index contributed by atoms with van der Waals surface area (Å²) in [5, 5.41) is 11.6. The lowest BCUT2D eigenvalue weighted by atomic mass is 9.60. The van der Waals surface area contributed by atoms with E-state index in [-0.39, 0.29) is 39.5 Å². The lowest BCUT2D eigenvalue weighted by Crippen LogP contribution is -2.46. The molecular weight excluding hydrogens is 735 g/mol. The van der Waals surface area contributed by atoms with Crippen molar-refractivity contribution in [3.63, 3.8) is 0 Å². The van der Waals surface area contributed by atoms with Crippen LogP contribution in [0.5, 0.6) is 0 Å². The van der Waals surface area contributed by atoms with E-state index in [2.05, 4.69) is 95.7 Å². The Bertz CT molecular complexity index is 1570. The molecule has 4 nitrogen and oxygen atoms in total. The fraction of sp³-hybridized carbons (Fsp3) is 0.640. The van der Waals surface area contributed by atoms with Gasteiger partial charge in [-0.05, 0) is 108 Å². The number of aliphatic carboxylic acids is 1. The van der Waals surface area contributed by atoms with Gasteiger partial charge in [0.05, 0.1) is 11.3 Å². The van der Waals surface area contributed by atoms with Crippen LogP contribution in [-0.4, -0.2) is 23.7 Å². The smallest absolute Gasteiger partial charge is 0.314 e. The first kappa shape index (κ1) is 51.5. The molecule has 0 aromatic heterocycles. The van der Waals surface area contributed by atoms with Gasteiger partial charge >= 0.3 is 11.9 Å². The summed E-state index contributed by atoms with van der Waals surface area (Å²) < 4.78 is 5.45. The molecule has 0 bridgehead atoms. The lowest BCUT2D eigenvalue weighted by molar-refractivity contribution is -0.146. The fourth-order valence-corrected chi connectivity index (χ4v) is 7.72. The van der Waals surface area contributed by atoms with Crippen molar-refractivity contribution in [2.75, 3.05) is 6.61 Å². The lowest BCUT2D eigenvalue weighted by Gasteiger charge is -2.43. The molecule has 0 spiro atoms. The zero-order valence-electron chi connectivity index (χ0n) is 37.8. The quantitative estimate of drug-likeness (QED) is 0.107. The maximum absolute atomic E-state index is 12.5. The van der Waals surface area contributed by atoms with Crippen LogP contribution >= 0.6 is 23.2 Å². The third-order valence-electron chi connectivity index (χ3n) is 11.3. The molecule has 0 fully saturated rings. The van der Waals surface area contributed by atoms with E-state index in [0.717, 1.165) is 78.6 Å². The summed E-state index contributed by atoms with van der Waals surface area (Å²) in [6.45, 7) is 34.4. The molecule has 0 aliphatic rings. The number of carboxylic acid groups (broad SMARTS) is 1. The van der Waals surface area contributed by atoms with E-state index in [0.29, 0.717) is 11.6 Å². The van der Waals surface area contributed by atoms with Crippen LogP contribution in [0.15, 0.2) is 61.2 Å². The average Bonchev–Trinajstić information content (AvgIpc) is 3.09. The van der Waals surface area contributed by atoms with Crippen LogP contribution in [0.4, 0.5) is 0 Å². The Hall–Kier alpha value is -2.56. The van der Waals surface area contributed by atoms with Gasteiger partial charge in [0.15, 0.2) is 0 Å². The molecule has 0 saturated heterocycles. The summed E-state index contributed by atoms with van der Waals surface area (Å²) in [6, 6.07) is 11.8. The van der Waals surface area contributed by atoms with Crippen LogP contribution < -0.4 is 0 Å². The molecule has 0 saturated carbocycles. The van der Waals surface area contributed by atoms with Crippen LogP contribution in [0.2, 0.25) is 10.0 Å². The van der Waals surface area contributed by atoms with Gasteiger partial charge in [-0.3, -0.25) is 9.59 Å². The number of benzene rings is 2. The Balaban J connectivity index is 0.000000560. The number of rotatable bonds is 20. The Labute approximate surface area is 353 Å². The number of carbonyl (C=O) groups excluding carboxylic acids is 1. The summed E-state index contributed by atoms with van der Waals surface area (Å²) >= 11 is 13.1. The van der Waals surface area contributed by atoms with Crippen LogP contribution in [-0.2, 0) is 32.6 Å². The number of unbranched alkanes of at least 4 members (excludes halogenated alkanes) is 2. The number of ether oxygens (including phenoxy) is 1. The highest BCUT2D eigenvalue weighted by Gasteiger charge is 2.48. The number of aryl methyl sites for hydroxylation is 2. The minimum atomic E-state index is -1.08. The normalized spacial score (nSPS) is 14.7. The highest BCUT2D eigenvalue weighted by atomic mass is 35.5. The molecule has 3 atom stereocenters. The highest BCUT2D eigenvalue weighted by Crippen LogP contribution is 2.47. The second-order valence-electron chi connectivity index (χ2n) is 19.9. The van der Waals surface area contributed by atoms with Crippen molar-refractivity contribution in [2.45, 2.75) is 172 Å². The first-order valence-corrected chi connectivity index (χ1v) is 21.8. The zero-order chi connectivity index (χ0) is 43.1. The molecular formula is C50H78Cl2O4. The van der Waals surface area contributed by atoms with E-state index in [9.17, 15) is 14.7 Å². The van der Waals surface area contributed by atoms with Crippen molar-refractivity contribution < 1.29 is 19.4 Å². The van der Waals surface area contributed by atoms with Crippen molar-refractivity contribution in [3.8, 4) is 0 Å². The minimum Gasteiger partial charge on any atom is -0.481 e. The number of halogens is 2. The number of allylic oxidation sites excluding steroid dienone is 2. The van der Waals surface area contributed by atoms with Crippen molar-refractivity contribution in [1.29, 1.82) is 0 Å². The summed E-state index contributed by atoms with van der Waals surface area (Å²) in [5.41, 5.74) is 3.26. The van der Waals surface area contributed by atoms with E-state index >= 15 is 0 Å². The van der Waals surface area contributed by atoms with Gasteiger partial charge in [0.1, 0.15) is 6.61 Å². The van der Waals surface area contributed by atoms with E-state index in [1.54, 1.807) is 0 Å². The molecule has 6 heteroatoms. The van der Waals surface area contributed by atoms with Gasteiger partial charge in [0, 0.05) is 16.0 Å².